The van der Waals surface area contributed by atoms with Gasteiger partial charge in [-0.05, 0) is 37.0 Å². The van der Waals surface area contributed by atoms with Gasteiger partial charge in [-0.3, -0.25) is 4.79 Å². The van der Waals surface area contributed by atoms with E-state index >= 15 is 0 Å². The van der Waals surface area contributed by atoms with Crippen LogP contribution in [0.1, 0.15) is 18.9 Å². The predicted octanol–water partition coefficient (Wildman–Crippen LogP) is 1.09. The number of thioether (sulfide) groups is 1. The second kappa shape index (κ2) is 6.67. The summed E-state index contributed by atoms with van der Waals surface area (Å²) in [6, 6.07) is 3.28. The normalized spacial score (nSPS) is 22.6. The van der Waals surface area contributed by atoms with Gasteiger partial charge in [-0.25, -0.2) is 8.42 Å². The molecule has 0 aromatic carbocycles. The van der Waals surface area contributed by atoms with Gasteiger partial charge in [0.05, 0.1) is 11.5 Å². The molecule has 0 saturated carbocycles. The Labute approximate surface area is 124 Å². The largest absolute Gasteiger partial charge is 0.351 e. The van der Waals surface area contributed by atoms with Crippen molar-refractivity contribution >= 4 is 27.5 Å². The fraction of sp³-hybridized carbons (Fsp3) is 0.615. The van der Waals surface area contributed by atoms with Gasteiger partial charge >= 0.3 is 0 Å². The molecule has 1 aromatic rings. The van der Waals surface area contributed by atoms with E-state index in [1.165, 1.54) is 0 Å². The van der Waals surface area contributed by atoms with Crippen LogP contribution in [0.25, 0.3) is 0 Å². The van der Waals surface area contributed by atoms with Crippen molar-refractivity contribution in [2.45, 2.75) is 24.9 Å². The number of sulfone groups is 1. The van der Waals surface area contributed by atoms with Crippen molar-refractivity contribution < 1.29 is 13.2 Å². The summed E-state index contributed by atoms with van der Waals surface area (Å²) in [6.07, 6.45) is 7.01. The van der Waals surface area contributed by atoms with E-state index in [2.05, 4.69) is 5.32 Å². The van der Waals surface area contributed by atoms with Crippen LogP contribution in [0.3, 0.4) is 0 Å². The number of aromatic nitrogens is 1. The second-order valence-electron chi connectivity index (χ2n) is 5.04. The van der Waals surface area contributed by atoms with Gasteiger partial charge in [-0.15, -0.1) is 0 Å². The van der Waals surface area contributed by atoms with E-state index in [4.69, 9.17) is 0 Å². The monoisotopic (exact) mass is 316 g/mol. The Hall–Kier alpha value is -0.950. The zero-order valence-corrected chi connectivity index (χ0v) is 13.1. The molecule has 5 nitrogen and oxygen atoms in total. The van der Waals surface area contributed by atoms with Crippen LogP contribution in [0.4, 0.5) is 0 Å². The molecule has 1 aliphatic heterocycles. The first-order valence-electron chi connectivity index (χ1n) is 6.64. The lowest BCUT2D eigenvalue weighted by atomic mass is 10.2. The maximum atomic E-state index is 12.4. The van der Waals surface area contributed by atoms with Gasteiger partial charge < -0.3 is 9.88 Å². The third kappa shape index (κ3) is 4.02. The van der Waals surface area contributed by atoms with E-state index in [9.17, 15) is 13.2 Å². The maximum absolute atomic E-state index is 12.4. The van der Waals surface area contributed by atoms with Crippen molar-refractivity contribution in [1.29, 1.82) is 0 Å². The van der Waals surface area contributed by atoms with Crippen molar-refractivity contribution in [3.8, 4) is 0 Å². The summed E-state index contributed by atoms with van der Waals surface area (Å²) >= 11 is 1.70. The molecule has 1 fully saturated rings. The van der Waals surface area contributed by atoms with Crippen LogP contribution in [-0.2, 0) is 14.6 Å². The Morgan fingerprint density at radius 2 is 2.15 bits per heavy atom. The minimum atomic E-state index is -2.96. The summed E-state index contributed by atoms with van der Waals surface area (Å²) in [7, 11) is -2.96. The lowest BCUT2D eigenvalue weighted by molar-refractivity contribution is -0.125. The molecule has 0 spiro atoms. The number of carbonyl (C=O) groups is 1. The van der Waals surface area contributed by atoms with E-state index in [0.29, 0.717) is 6.42 Å². The zero-order chi connectivity index (χ0) is 14.6. The van der Waals surface area contributed by atoms with Gasteiger partial charge in [0, 0.05) is 18.4 Å². The third-order valence-electron chi connectivity index (χ3n) is 3.46. The number of rotatable bonds is 6. The van der Waals surface area contributed by atoms with Crippen LogP contribution in [0.15, 0.2) is 24.5 Å². The fourth-order valence-corrected chi connectivity index (χ4v) is 4.54. The van der Waals surface area contributed by atoms with Crippen LogP contribution in [0.2, 0.25) is 0 Å². The topological polar surface area (TPSA) is 68.2 Å². The molecule has 1 aromatic heterocycles. The van der Waals surface area contributed by atoms with E-state index in [0.717, 1.165) is 12.2 Å². The van der Waals surface area contributed by atoms with E-state index < -0.39 is 9.84 Å². The molecule has 1 unspecified atom stereocenters. The maximum Gasteiger partial charge on any atom is 0.243 e. The van der Waals surface area contributed by atoms with Gasteiger partial charge in [-0.1, -0.05) is 0 Å². The predicted molar refractivity (Wildman–Crippen MR) is 81.7 cm³/mol. The quantitative estimate of drug-likeness (QED) is 0.853. The number of hydrogen-bond acceptors (Lipinski definition) is 4. The van der Waals surface area contributed by atoms with E-state index in [1.807, 2.05) is 35.3 Å². The summed E-state index contributed by atoms with van der Waals surface area (Å²) in [5.41, 5.74) is 0. The SMILES string of the molecule is CSCC[C@@H](C(=O)NC1CCS(=O)(=O)C1)n1cccc1. The highest BCUT2D eigenvalue weighted by atomic mass is 32.2. The Morgan fingerprint density at radius 1 is 1.45 bits per heavy atom. The first kappa shape index (κ1) is 15.4. The molecule has 1 saturated heterocycles. The van der Waals surface area contributed by atoms with Crippen molar-refractivity contribution in [2.24, 2.45) is 0 Å². The van der Waals surface area contributed by atoms with Crippen LogP contribution in [0, 0.1) is 0 Å². The van der Waals surface area contributed by atoms with Crippen molar-refractivity contribution in [2.75, 3.05) is 23.5 Å². The first-order valence-corrected chi connectivity index (χ1v) is 9.85. The molecular weight excluding hydrogens is 296 g/mol. The average molecular weight is 316 g/mol. The van der Waals surface area contributed by atoms with Crippen LogP contribution in [-0.4, -0.2) is 48.4 Å². The third-order valence-corrected chi connectivity index (χ3v) is 5.88. The lowest BCUT2D eigenvalue weighted by Crippen LogP contribution is -2.40. The molecular formula is C13H20N2O3S2. The molecule has 112 valence electrons. The van der Waals surface area contributed by atoms with Crippen molar-refractivity contribution in [3.63, 3.8) is 0 Å². The number of carbonyl (C=O) groups excluding carboxylic acids is 1. The summed E-state index contributed by atoms with van der Waals surface area (Å²) in [5.74, 6) is 1.05. The van der Waals surface area contributed by atoms with Gasteiger partial charge in [-0.2, -0.15) is 11.8 Å². The average Bonchev–Trinajstić information content (AvgIpc) is 3.00. The molecule has 7 heteroatoms. The Balaban J connectivity index is 2.00. The zero-order valence-electron chi connectivity index (χ0n) is 11.5. The number of nitrogens with one attached hydrogen (secondary N) is 1. The number of amides is 1. The molecule has 0 bridgehead atoms. The van der Waals surface area contributed by atoms with Crippen LogP contribution < -0.4 is 5.32 Å². The fourth-order valence-electron chi connectivity index (χ4n) is 2.41. The van der Waals surface area contributed by atoms with Crippen LogP contribution in [0.5, 0.6) is 0 Å². The second-order valence-corrected chi connectivity index (χ2v) is 8.25. The summed E-state index contributed by atoms with van der Waals surface area (Å²) in [6.45, 7) is 0. The van der Waals surface area contributed by atoms with Crippen molar-refractivity contribution in [1.82, 2.24) is 9.88 Å². The highest BCUT2D eigenvalue weighted by Crippen LogP contribution is 2.17. The highest BCUT2D eigenvalue weighted by Gasteiger charge is 2.30. The molecule has 20 heavy (non-hydrogen) atoms. The molecule has 2 rings (SSSR count). The lowest BCUT2D eigenvalue weighted by Gasteiger charge is -2.20. The smallest absolute Gasteiger partial charge is 0.243 e. The Morgan fingerprint density at radius 3 is 2.70 bits per heavy atom. The van der Waals surface area contributed by atoms with E-state index in [-0.39, 0.29) is 29.5 Å². The summed E-state index contributed by atoms with van der Waals surface area (Å²) in [4.78, 5) is 12.4. The van der Waals surface area contributed by atoms with Crippen molar-refractivity contribution in [3.05, 3.63) is 24.5 Å². The Bertz CT molecular complexity index is 540. The first-order chi connectivity index (χ1) is 9.52. The Kier molecular flexibility index (Phi) is 5.15. The van der Waals surface area contributed by atoms with Gasteiger partial charge in [0.1, 0.15) is 6.04 Å². The molecule has 1 aliphatic rings. The van der Waals surface area contributed by atoms with Crippen LogP contribution >= 0.6 is 11.8 Å². The molecule has 1 N–H and O–H groups in total. The minimum Gasteiger partial charge on any atom is -0.351 e. The molecule has 0 radical (unpaired) electrons. The summed E-state index contributed by atoms with van der Waals surface area (Å²) in [5, 5.41) is 2.88. The van der Waals surface area contributed by atoms with Gasteiger partial charge in [0.25, 0.3) is 0 Å². The number of nitrogens with zero attached hydrogens (tertiary/aromatic N) is 1. The van der Waals surface area contributed by atoms with E-state index in [1.54, 1.807) is 11.8 Å². The number of hydrogen-bond donors (Lipinski definition) is 1. The van der Waals surface area contributed by atoms with Gasteiger partial charge in [0.15, 0.2) is 9.84 Å². The molecule has 0 aliphatic carbocycles. The van der Waals surface area contributed by atoms with Gasteiger partial charge in [0.2, 0.25) is 5.91 Å². The highest BCUT2D eigenvalue weighted by molar-refractivity contribution is 7.98. The molecule has 2 heterocycles. The standard InChI is InChI=1S/C13H20N2O3S2/c1-19-8-4-12(15-6-2-3-7-15)13(16)14-11-5-9-20(17,18)10-11/h2-3,6-7,11-12H,4-5,8-10H2,1H3,(H,14,16)/t11?,12-/m0/s1. The molecule has 1 amide bonds. The minimum absolute atomic E-state index is 0.0691. The summed E-state index contributed by atoms with van der Waals surface area (Å²) < 4.78 is 24.8. The molecule has 2 atom stereocenters.